The molecule has 4 nitrogen and oxygen atoms in total. The molecular formula is C20H25N2O2+. The zero-order chi connectivity index (χ0) is 16.6. The smallest absolute Gasteiger partial charge is 0.251 e. The quantitative estimate of drug-likeness (QED) is 0.788. The molecule has 0 aromatic heterocycles. The van der Waals surface area contributed by atoms with Crippen LogP contribution in [-0.2, 0) is 4.74 Å². The molecule has 0 aliphatic carbocycles. The lowest BCUT2D eigenvalue weighted by Gasteiger charge is -2.23. The van der Waals surface area contributed by atoms with E-state index in [4.69, 9.17) is 4.74 Å². The van der Waals surface area contributed by atoms with E-state index in [0.717, 1.165) is 56.0 Å². The average molecular weight is 325 g/mol. The number of quaternary nitrogens is 1. The molecule has 1 aliphatic heterocycles. The number of hydrogen-bond donors (Lipinski definition) is 2. The van der Waals surface area contributed by atoms with E-state index in [2.05, 4.69) is 5.32 Å². The fourth-order valence-electron chi connectivity index (χ4n) is 3.10. The largest absolute Gasteiger partial charge is 0.370 e. The van der Waals surface area contributed by atoms with Gasteiger partial charge in [-0.25, -0.2) is 0 Å². The van der Waals surface area contributed by atoms with Gasteiger partial charge in [-0.15, -0.1) is 0 Å². The molecule has 3 rings (SSSR count). The molecule has 0 bridgehead atoms. The second-order valence-corrected chi connectivity index (χ2v) is 6.13. The number of benzene rings is 2. The third-order valence-corrected chi connectivity index (χ3v) is 4.45. The first-order valence-electron chi connectivity index (χ1n) is 8.68. The monoisotopic (exact) mass is 325 g/mol. The molecule has 1 aliphatic rings. The summed E-state index contributed by atoms with van der Waals surface area (Å²) in [7, 11) is 0. The summed E-state index contributed by atoms with van der Waals surface area (Å²) in [5.41, 5.74) is 2.79. The summed E-state index contributed by atoms with van der Waals surface area (Å²) >= 11 is 0. The van der Waals surface area contributed by atoms with E-state index in [0.29, 0.717) is 6.54 Å². The molecule has 0 unspecified atom stereocenters. The van der Waals surface area contributed by atoms with Crippen LogP contribution in [0.2, 0.25) is 0 Å². The van der Waals surface area contributed by atoms with Gasteiger partial charge in [0.05, 0.1) is 19.8 Å². The lowest BCUT2D eigenvalue weighted by molar-refractivity contribution is -0.908. The lowest BCUT2D eigenvalue weighted by atomic mass is 9.99. The topological polar surface area (TPSA) is 42.8 Å². The normalized spacial score (nSPS) is 15.2. The van der Waals surface area contributed by atoms with Crippen LogP contribution < -0.4 is 10.2 Å². The highest BCUT2D eigenvalue weighted by Gasteiger charge is 2.14. The number of morpholine rings is 1. The zero-order valence-electron chi connectivity index (χ0n) is 14.0. The van der Waals surface area contributed by atoms with Gasteiger partial charge in [0.2, 0.25) is 0 Å². The molecule has 0 saturated carbocycles. The molecule has 1 fully saturated rings. The predicted octanol–water partition coefficient (Wildman–Crippen LogP) is 1.39. The van der Waals surface area contributed by atoms with E-state index in [9.17, 15) is 4.79 Å². The van der Waals surface area contributed by atoms with Crippen molar-refractivity contribution in [3.8, 4) is 11.1 Å². The third-order valence-electron chi connectivity index (χ3n) is 4.45. The first-order chi connectivity index (χ1) is 11.8. The Bertz CT molecular complexity index is 652. The standard InChI is InChI=1S/C20H24N2O2/c23-20(21-11-6-12-22-13-15-24-16-14-22)19-10-5-4-9-18(19)17-7-2-1-3-8-17/h1-5,7-10H,6,11-16H2,(H,21,23)/p+1. The Kier molecular flexibility index (Phi) is 5.99. The molecule has 2 aromatic carbocycles. The maximum atomic E-state index is 12.6. The number of carbonyl (C=O) groups is 1. The van der Waals surface area contributed by atoms with Gasteiger partial charge in [0.25, 0.3) is 5.91 Å². The molecule has 2 N–H and O–H groups in total. The molecule has 0 radical (unpaired) electrons. The number of amides is 1. The van der Waals surface area contributed by atoms with Crippen molar-refractivity contribution in [1.82, 2.24) is 5.32 Å². The van der Waals surface area contributed by atoms with Crippen LogP contribution in [0, 0.1) is 0 Å². The Hall–Kier alpha value is -2.17. The maximum Gasteiger partial charge on any atom is 0.251 e. The summed E-state index contributed by atoms with van der Waals surface area (Å²) < 4.78 is 5.37. The number of hydrogen-bond acceptors (Lipinski definition) is 2. The Morgan fingerprint density at radius 1 is 1.00 bits per heavy atom. The lowest BCUT2D eigenvalue weighted by Crippen LogP contribution is -3.14. The van der Waals surface area contributed by atoms with Gasteiger partial charge in [0.1, 0.15) is 13.1 Å². The average Bonchev–Trinajstić information content (AvgIpc) is 2.66. The Labute approximate surface area is 143 Å². The fraction of sp³-hybridized carbons (Fsp3) is 0.350. The highest BCUT2D eigenvalue weighted by atomic mass is 16.5. The molecule has 24 heavy (non-hydrogen) atoms. The van der Waals surface area contributed by atoms with Gasteiger partial charge in [-0.3, -0.25) is 4.79 Å². The van der Waals surface area contributed by atoms with Crippen LogP contribution in [0.5, 0.6) is 0 Å². The summed E-state index contributed by atoms with van der Waals surface area (Å²) in [5, 5.41) is 3.07. The highest BCUT2D eigenvalue weighted by molar-refractivity contribution is 6.00. The van der Waals surface area contributed by atoms with Crippen LogP contribution in [0.15, 0.2) is 54.6 Å². The van der Waals surface area contributed by atoms with Crippen molar-refractivity contribution in [3.63, 3.8) is 0 Å². The van der Waals surface area contributed by atoms with E-state index in [-0.39, 0.29) is 5.91 Å². The summed E-state index contributed by atoms with van der Waals surface area (Å²) in [5.74, 6) is 0.00595. The van der Waals surface area contributed by atoms with Gasteiger partial charge in [-0.2, -0.15) is 0 Å². The molecule has 4 heteroatoms. The van der Waals surface area contributed by atoms with Gasteiger partial charge in [-0.1, -0.05) is 48.5 Å². The predicted molar refractivity (Wildman–Crippen MR) is 95.2 cm³/mol. The molecule has 126 valence electrons. The van der Waals surface area contributed by atoms with E-state index < -0.39 is 0 Å². The van der Waals surface area contributed by atoms with Gasteiger partial charge in [0.15, 0.2) is 0 Å². The van der Waals surface area contributed by atoms with Crippen LogP contribution in [-0.4, -0.2) is 45.3 Å². The first kappa shape index (κ1) is 16.7. The Balaban J connectivity index is 1.55. The van der Waals surface area contributed by atoms with Crippen molar-refractivity contribution in [2.45, 2.75) is 6.42 Å². The Morgan fingerprint density at radius 2 is 1.71 bits per heavy atom. The minimum absolute atomic E-state index is 0.00595. The van der Waals surface area contributed by atoms with Crippen molar-refractivity contribution >= 4 is 5.91 Å². The molecule has 0 spiro atoms. The van der Waals surface area contributed by atoms with Crippen LogP contribution in [0.25, 0.3) is 11.1 Å². The second-order valence-electron chi connectivity index (χ2n) is 6.13. The number of ether oxygens (including phenoxy) is 1. The number of carbonyl (C=O) groups excluding carboxylic acids is 1. The van der Waals surface area contributed by atoms with Crippen molar-refractivity contribution in [2.24, 2.45) is 0 Å². The molecule has 1 amide bonds. The summed E-state index contributed by atoms with van der Waals surface area (Å²) in [6.45, 7) is 5.66. The summed E-state index contributed by atoms with van der Waals surface area (Å²) in [6, 6.07) is 17.8. The summed E-state index contributed by atoms with van der Waals surface area (Å²) in [6.07, 6.45) is 0.995. The van der Waals surface area contributed by atoms with Crippen LogP contribution in [0.4, 0.5) is 0 Å². The van der Waals surface area contributed by atoms with Gasteiger partial charge in [-0.05, 0) is 17.2 Å². The zero-order valence-corrected chi connectivity index (χ0v) is 14.0. The fourth-order valence-corrected chi connectivity index (χ4v) is 3.10. The minimum atomic E-state index is 0.00595. The Morgan fingerprint density at radius 3 is 2.50 bits per heavy atom. The van der Waals surface area contributed by atoms with E-state index in [1.54, 1.807) is 4.90 Å². The SMILES string of the molecule is O=C(NCCC[NH+]1CCOCC1)c1ccccc1-c1ccccc1. The second kappa shape index (κ2) is 8.62. The van der Waals surface area contributed by atoms with Crippen LogP contribution in [0.3, 0.4) is 0 Å². The minimum Gasteiger partial charge on any atom is -0.370 e. The van der Waals surface area contributed by atoms with Crippen LogP contribution in [0.1, 0.15) is 16.8 Å². The number of rotatable bonds is 6. The molecule has 2 aromatic rings. The third kappa shape index (κ3) is 4.43. The molecule has 1 heterocycles. The van der Waals surface area contributed by atoms with Crippen molar-refractivity contribution in [3.05, 3.63) is 60.2 Å². The van der Waals surface area contributed by atoms with Crippen molar-refractivity contribution in [1.29, 1.82) is 0 Å². The first-order valence-corrected chi connectivity index (χ1v) is 8.68. The van der Waals surface area contributed by atoms with E-state index in [1.807, 2.05) is 54.6 Å². The van der Waals surface area contributed by atoms with Gasteiger partial charge in [0, 0.05) is 18.5 Å². The summed E-state index contributed by atoms with van der Waals surface area (Å²) in [4.78, 5) is 14.1. The number of nitrogens with one attached hydrogen (secondary N) is 2. The maximum absolute atomic E-state index is 12.6. The molecule has 1 saturated heterocycles. The van der Waals surface area contributed by atoms with E-state index in [1.165, 1.54) is 0 Å². The van der Waals surface area contributed by atoms with Gasteiger partial charge < -0.3 is 15.0 Å². The van der Waals surface area contributed by atoms with Crippen LogP contribution >= 0.6 is 0 Å². The van der Waals surface area contributed by atoms with Crippen molar-refractivity contribution in [2.75, 3.05) is 39.4 Å². The van der Waals surface area contributed by atoms with Gasteiger partial charge >= 0.3 is 0 Å². The highest BCUT2D eigenvalue weighted by Crippen LogP contribution is 2.23. The van der Waals surface area contributed by atoms with E-state index >= 15 is 0 Å². The molecular weight excluding hydrogens is 300 g/mol. The molecule has 0 atom stereocenters. The van der Waals surface area contributed by atoms with Crippen molar-refractivity contribution < 1.29 is 14.4 Å².